The lowest BCUT2D eigenvalue weighted by Crippen LogP contribution is -2.36. The number of amides is 1. The van der Waals surface area contributed by atoms with E-state index in [-0.39, 0.29) is 17.7 Å². The first-order valence-corrected chi connectivity index (χ1v) is 9.60. The lowest BCUT2D eigenvalue weighted by molar-refractivity contribution is -0.395. The summed E-state index contributed by atoms with van der Waals surface area (Å²) in [5, 5.41) is 27.3. The van der Waals surface area contributed by atoms with Crippen molar-refractivity contribution in [1.29, 1.82) is 0 Å². The highest BCUT2D eigenvalue weighted by atomic mass is 35.5. The van der Waals surface area contributed by atoms with Crippen molar-refractivity contribution in [2.75, 3.05) is 6.54 Å². The highest BCUT2D eigenvalue weighted by Crippen LogP contribution is 2.33. The molecule has 3 aromatic rings. The molecule has 0 spiro atoms. The third-order valence-electron chi connectivity index (χ3n) is 5.22. The molecule has 0 aliphatic carbocycles. The van der Waals surface area contributed by atoms with Gasteiger partial charge in [-0.2, -0.15) is 0 Å². The average Bonchev–Trinajstić information content (AvgIpc) is 3.16. The van der Waals surface area contributed by atoms with Crippen LogP contribution in [-0.2, 0) is 13.0 Å². The average molecular weight is 443 g/mol. The summed E-state index contributed by atoms with van der Waals surface area (Å²) in [6.45, 7) is 1.74. The molecule has 10 nitrogen and oxygen atoms in total. The second kappa shape index (κ2) is 7.80. The van der Waals surface area contributed by atoms with Crippen LogP contribution in [0.3, 0.4) is 0 Å². The van der Waals surface area contributed by atoms with E-state index in [9.17, 15) is 25.0 Å². The number of aromatic nitrogens is 1. The minimum atomic E-state index is -0.730. The molecule has 0 saturated heterocycles. The van der Waals surface area contributed by atoms with Crippen molar-refractivity contribution in [3.05, 3.63) is 84.0 Å². The summed E-state index contributed by atoms with van der Waals surface area (Å²) in [4.78, 5) is 35.8. The Balaban J connectivity index is 1.68. The molecule has 158 valence electrons. The summed E-state index contributed by atoms with van der Waals surface area (Å²) < 4.78 is 5.48. The van der Waals surface area contributed by atoms with Crippen molar-refractivity contribution in [3.63, 3.8) is 0 Å². The zero-order valence-electron chi connectivity index (χ0n) is 16.2. The van der Waals surface area contributed by atoms with Crippen molar-refractivity contribution in [3.8, 4) is 11.3 Å². The number of fused-ring (bicyclic) bond motifs is 1. The summed E-state index contributed by atoms with van der Waals surface area (Å²) in [5.41, 5.74) is 1.03. The summed E-state index contributed by atoms with van der Waals surface area (Å²) in [5.74, 6) is -0.0369. The number of carbonyl (C=O) groups excluding carboxylic acids is 1. The first-order chi connectivity index (χ1) is 14.8. The monoisotopic (exact) mass is 442 g/mol. The maximum Gasteiger partial charge on any atom is 0.279 e. The van der Waals surface area contributed by atoms with Crippen molar-refractivity contribution in [1.82, 2.24) is 10.1 Å². The molecule has 1 aromatic heterocycles. The molecule has 31 heavy (non-hydrogen) atoms. The van der Waals surface area contributed by atoms with E-state index >= 15 is 0 Å². The molecule has 1 aliphatic rings. The number of nitrogens with zero attached hydrogens (tertiary/aromatic N) is 4. The lowest BCUT2D eigenvalue weighted by atomic mass is 10.00. The van der Waals surface area contributed by atoms with Gasteiger partial charge in [0, 0.05) is 41.2 Å². The van der Waals surface area contributed by atoms with Gasteiger partial charge in [0.2, 0.25) is 0 Å². The lowest BCUT2D eigenvalue weighted by Gasteiger charge is -2.26. The highest BCUT2D eigenvalue weighted by molar-refractivity contribution is 6.30. The maximum absolute atomic E-state index is 13.1. The van der Waals surface area contributed by atoms with Crippen LogP contribution in [0.1, 0.15) is 27.2 Å². The van der Waals surface area contributed by atoms with Crippen LogP contribution >= 0.6 is 11.6 Å². The van der Waals surface area contributed by atoms with Crippen LogP contribution in [-0.4, -0.2) is 32.4 Å². The maximum atomic E-state index is 13.1. The van der Waals surface area contributed by atoms with Gasteiger partial charge >= 0.3 is 0 Å². The standard InChI is InChI=1S/C20H15ClN4O6/c1-11-17(24(27)28)8-13(9-18(11)25(29)30)20(26)23-7-6-16-15(10-23)19(31-22-16)12-2-4-14(21)5-3-12/h2-5,8-9H,6-7,10H2,1H3. The third-order valence-corrected chi connectivity index (χ3v) is 5.48. The smallest absolute Gasteiger partial charge is 0.279 e. The Labute approximate surface area is 180 Å². The van der Waals surface area contributed by atoms with Gasteiger partial charge in [-0.3, -0.25) is 25.0 Å². The van der Waals surface area contributed by atoms with E-state index in [4.69, 9.17) is 16.1 Å². The minimum Gasteiger partial charge on any atom is -0.356 e. The van der Waals surface area contributed by atoms with E-state index in [1.54, 1.807) is 24.3 Å². The molecule has 11 heteroatoms. The van der Waals surface area contributed by atoms with E-state index in [2.05, 4.69) is 5.16 Å². The van der Waals surface area contributed by atoms with Crippen LogP contribution in [0.2, 0.25) is 5.02 Å². The van der Waals surface area contributed by atoms with Crippen molar-refractivity contribution in [2.24, 2.45) is 0 Å². The van der Waals surface area contributed by atoms with E-state index in [0.717, 1.165) is 29.0 Å². The molecule has 0 saturated carbocycles. The largest absolute Gasteiger partial charge is 0.356 e. The molecule has 0 bridgehead atoms. The molecule has 0 fully saturated rings. The normalized spacial score (nSPS) is 13.0. The summed E-state index contributed by atoms with van der Waals surface area (Å²) >= 11 is 5.94. The second-order valence-electron chi connectivity index (χ2n) is 7.07. The van der Waals surface area contributed by atoms with Gasteiger partial charge in [0.25, 0.3) is 17.3 Å². The van der Waals surface area contributed by atoms with Crippen molar-refractivity contribution >= 4 is 28.9 Å². The fraction of sp³-hybridized carbons (Fsp3) is 0.200. The molecule has 1 aliphatic heterocycles. The molecular formula is C20H15ClN4O6. The van der Waals surface area contributed by atoms with Gasteiger partial charge in [0.15, 0.2) is 5.76 Å². The van der Waals surface area contributed by atoms with Gasteiger partial charge in [-0.1, -0.05) is 16.8 Å². The SMILES string of the molecule is Cc1c([N+](=O)[O-])cc(C(=O)N2CCc3noc(-c4ccc(Cl)cc4)c3C2)cc1[N+](=O)[O-]. The fourth-order valence-corrected chi connectivity index (χ4v) is 3.71. The quantitative estimate of drug-likeness (QED) is 0.434. The van der Waals surface area contributed by atoms with Gasteiger partial charge in [0.05, 0.1) is 27.6 Å². The Hall–Kier alpha value is -3.79. The number of benzene rings is 2. The molecule has 0 radical (unpaired) electrons. The van der Waals surface area contributed by atoms with Crippen LogP contribution < -0.4 is 0 Å². The van der Waals surface area contributed by atoms with Crippen LogP contribution in [0.5, 0.6) is 0 Å². The van der Waals surface area contributed by atoms with Crippen molar-refractivity contribution in [2.45, 2.75) is 19.9 Å². The molecule has 2 aromatic carbocycles. The summed E-state index contributed by atoms with van der Waals surface area (Å²) in [6.07, 6.45) is 0.425. The fourth-order valence-electron chi connectivity index (χ4n) is 3.58. The molecule has 1 amide bonds. The first kappa shape index (κ1) is 20.5. The molecule has 0 unspecified atom stereocenters. The number of nitro groups is 2. The van der Waals surface area contributed by atoms with E-state index in [0.29, 0.717) is 23.7 Å². The van der Waals surface area contributed by atoms with Crippen LogP contribution in [0, 0.1) is 27.2 Å². The first-order valence-electron chi connectivity index (χ1n) is 9.22. The zero-order valence-corrected chi connectivity index (χ0v) is 17.0. The van der Waals surface area contributed by atoms with Crippen LogP contribution in [0.25, 0.3) is 11.3 Å². The molecule has 0 N–H and O–H groups in total. The Kier molecular flexibility index (Phi) is 5.15. The number of hydrogen-bond donors (Lipinski definition) is 0. The zero-order chi connectivity index (χ0) is 22.3. The Bertz CT molecular complexity index is 1190. The Morgan fingerprint density at radius 1 is 1.13 bits per heavy atom. The molecule has 2 heterocycles. The van der Waals surface area contributed by atoms with E-state index in [1.807, 2.05) is 0 Å². The third kappa shape index (κ3) is 3.73. The Morgan fingerprint density at radius 2 is 1.74 bits per heavy atom. The van der Waals surface area contributed by atoms with Gasteiger partial charge in [-0.25, -0.2) is 0 Å². The predicted molar refractivity (Wildman–Crippen MR) is 110 cm³/mol. The summed E-state index contributed by atoms with van der Waals surface area (Å²) in [7, 11) is 0. The summed E-state index contributed by atoms with van der Waals surface area (Å²) in [6, 6.07) is 9.12. The van der Waals surface area contributed by atoms with Crippen LogP contribution in [0.15, 0.2) is 40.9 Å². The van der Waals surface area contributed by atoms with Crippen LogP contribution in [0.4, 0.5) is 11.4 Å². The Morgan fingerprint density at radius 3 is 2.32 bits per heavy atom. The number of nitro benzene ring substituents is 2. The number of hydrogen-bond acceptors (Lipinski definition) is 7. The predicted octanol–water partition coefficient (Wildman–Crippen LogP) is 4.32. The van der Waals surface area contributed by atoms with E-state index < -0.39 is 27.1 Å². The minimum absolute atomic E-state index is 0.100. The highest BCUT2D eigenvalue weighted by Gasteiger charge is 2.31. The number of halogens is 1. The topological polar surface area (TPSA) is 133 Å². The molecule has 4 rings (SSSR count). The van der Waals surface area contributed by atoms with Crippen molar-refractivity contribution < 1.29 is 19.2 Å². The van der Waals surface area contributed by atoms with Gasteiger partial charge < -0.3 is 9.42 Å². The second-order valence-corrected chi connectivity index (χ2v) is 7.51. The van der Waals surface area contributed by atoms with E-state index in [1.165, 1.54) is 11.8 Å². The molecule has 0 atom stereocenters. The number of rotatable bonds is 4. The van der Waals surface area contributed by atoms with Gasteiger partial charge in [-0.15, -0.1) is 0 Å². The van der Waals surface area contributed by atoms with Gasteiger partial charge in [-0.05, 0) is 31.2 Å². The number of carbonyl (C=O) groups is 1. The van der Waals surface area contributed by atoms with Gasteiger partial charge in [0.1, 0.15) is 5.56 Å². The molecular weight excluding hydrogens is 428 g/mol.